The molecule has 2 aliphatic rings. The summed E-state index contributed by atoms with van der Waals surface area (Å²) in [5, 5.41) is 0. The van der Waals surface area contributed by atoms with E-state index >= 15 is 0 Å². The largest absolute Gasteiger partial charge is 0.342 e. The topological polar surface area (TPSA) is 53.5 Å². The number of rotatable bonds is 7. The fourth-order valence-corrected chi connectivity index (χ4v) is 4.48. The number of aromatic nitrogens is 1. The molecule has 5 heteroatoms. The average Bonchev–Trinajstić information content (AvgIpc) is 2.70. The molecule has 2 amide bonds. The summed E-state index contributed by atoms with van der Waals surface area (Å²) >= 11 is 0. The number of hydrogen-bond donors (Lipinski definition) is 0. The van der Waals surface area contributed by atoms with Gasteiger partial charge >= 0.3 is 0 Å². The molecule has 0 spiro atoms. The molecule has 1 aromatic rings. The van der Waals surface area contributed by atoms with Gasteiger partial charge in [-0.15, -0.1) is 0 Å². The summed E-state index contributed by atoms with van der Waals surface area (Å²) < 4.78 is 0. The quantitative estimate of drug-likeness (QED) is 0.735. The van der Waals surface area contributed by atoms with Gasteiger partial charge in [0.1, 0.15) is 0 Å². The normalized spacial score (nSPS) is 21.3. The van der Waals surface area contributed by atoms with Crippen LogP contribution in [0, 0.1) is 11.8 Å². The van der Waals surface area contributed by atoms with Gasteiger partial charge in [-0.1, -0.05) is 32.3 Å². The lowest BCUT2D eigenvalue weighted by Gasteiger charge is -2.37. The second-order valence-electron chi connectivity index (χ2n) is 8.16. The standard InChI is InChI=1S/C22H33N3O2/c1-2-13-24(16-19-9-6-12-23-14-19)22(27)20-10-11-21(26)25(17-20)15-18-7-4-3-5-8-18/h6,9,12,14,18,20H,2-5,7-8,10-11,13,15-17H2,1H3/t20-/m0/s1. The van der Waals surface area contributed by atoms with Gasteiger partial charge in [-0.3, -0.25) is 14.6 Å². The molecule has 0 N–H and O–H groups in total. The maximum Gasteiger partial charge on any atom is 0.227 e. The Kier molecular flexibility index (Phi) is 7.25. The van der Waals surface area contributed by atoms with Crippen molar-refractivity contribution in [3.05, 3.63) is 30.1 Å². The molecule has 0 aromatic carbocycles. The first-order chi connectivity index (χ1) is 13.2. The fraction of sp³-hybridized carbons (Fsp3) is 0.682. The second kappa shape index (κ2) is 9.86. The minimum absolute atomic E-state index is 0.0606. The lowest BCUT2D eigenvalue weighted by molar-refractivity contribution is -0.144. The number of pyridine rings is 1. The van der Waals surface area contributed by atoms with E-state index < -0.39 is 0 Å². The molecule has 1 aliphatic heterocycles. The number of likely N-dealkylation sites (tertiary alicyclic amines) is 1. The first kappa shape index (κ1) is 19.8. The molecule has 0 unspecified atom stereocenters. The van der Waals surface area contributed by atoms with Crippen molar-refractivity contribution in [3.8, 4) is 0 Å². The van der Waals surface area contributed by atoms with Gasteiger partial charge < -0.3 is 9.80 Å². The summed E-state index contributed by atoms with van der Waals surface area (Å²) in [5.41, 5.74) is 1.06. The van der Waals surface area contributed by atoms with Gasteiger partial charge in [0.15, 0.2) is 0 Å². The highest BCUT2D eigenvalue weighted by Crippen LogP contribution is 2.27. The van der Waals surface area contributed by atoms with Gasteiger partial charge in [0, 0.05) is 45.0 Å². The number of amides is 2. The van der Waals surface area contributed by atoms with Crippen molar-refractivity contribution >= 4 is 11.8 Å². The molecule has 2 fully saturated rings. The number of hydrogen-bond acceptors (Lipinski definition) is 3. The van der Waals surface area contributed by atoms with Gasteiger partial charge in [-0.05, 0) is 43.2 Å². The summed E-state index contributed by atoms with van der Waals surface area (Å²) in [6.07, 6.45) is 12.1. The molecular formula is C22H33N3O2. The number of piperidine rings is 1. The minimum Gasteiger partial charge on any atom is -0.342 e. The van der Waals surface area contributed by atoms with E-state index in [9.17, 15) is 9.59 Å². The van der Waals surface area contributed by atoms with Crippen LogP contribution in [0.1, 0.15) is 63.9 Å². The van der Waals surface area contributed by atoms with Crippen molar-refractivity contribution in [2.45, 2.75) is 64.8 Å². The van der Waals surface area contributed by atoms with Crippen LogP contribution < -0.4 is 0 Å². The van der Waals surface area contributed by atoms with Gasteiger partial charge in [-0.2, -0.15) is 0 Å². The molecule has 1 aromatic heterocycles. The molecule has 5 nitrogen and oxygen atoms in total. The van der Waals surface area contributed by atoms with Crippen LogP contribution in [0.25, 0.3) is 0 Å². The maximum atomic E-state index is 13.2. The smallest absolute Gasteiger partial charge is 0.227 e. The Labute approximate surface area is 163 Å². The predicted molar refractivity (Wildman–Crippen MR) is 106 cm³/mol. The van der Waals surface area contributed by atoms with Crippen LogP contribution in [0.2, 0.25) is 0 Å². The second-order valence-corrected chi connectivity index (χ2v) is 8.16. The van der Waals surface area contributed by atoms with Crippen LogP contribution >= 0.6 is 0 Å². The Morgan fingerprint density at radius 2 is 2.07 bits per heavy atom. The monoisotopic (exact) mass is 371 g/mol. The predicted octanol–water partition coefficient (Wildman–Crippen LogP) is 3.64. The SMILES string of the molecule is CCCN(Cc1cccnc1)C(=O)[C@H]1CCC(=O)N(CC2CCCCC2)C1. The zero-order chi connectivity index (χ0) is 19.1. The van der Waals surface area contributed by atoms with Gasteiger partial charge in [0.25, 0.3) is 0 Å². The van der Waals surface area contributed by atoms with E-state index in [1.165, 1.54) is 32.1 Å². The summed E-state index contributed by atoms with van der Waals surface area (Å²) in [6.45, 7) is 4.90. The third-order valence-electron chi connectivity index (χ3n) is 5.95. The molecule has 148 valence electrons. The van der Waals surface area contributed by atoms with Crippen LogP contribution in [0.3, 0.4) is 0 Å². The van der Waals surface area contributed by atoms with Crippen LogP contribution in [0.15, 0.2) is 24.5 Å². The summed E-state index contributed by atoms with van der Waals surface area (Å²) in [5.74, 6) is 0.994. The van der Waals surface area contributed by atoms with Crippen LogP contribution in [-0.2, 0) is 16.1 Å². The number of carbonyl (C=O) groups excluding carboxylic acids is 2. The number of nitrogens with zero attached hydrogens (tertiary/aromatic N) is 3. The van der Waals surface area contributed by atoms with E-state index in [0.29, 0.717) is 31.8 Å². The van der Waals surface area contributed by atoms with E-state index in [4.69, 9.17) is 0 Å². The molecule has 1 aliphatic carbocycles. The zero-order valence-electron chi connectivity index (χ0n) is 16.6. The van der Waals surface area contributed by atoms with Crippen LogP contribution in [0.4, 0.5) is 0 Å². The molecule has 1 atom stereocenters. The molecule has 1 saturated carbocycles. The van der Waals surface area contributed by atoms with E-state index in [-0.39, 0.29) is 17.7 Å². The molecule has 1 saturated heterocycles. The number of carbonyl (C=O) groups is 2. The molecule has 0 radical (unpaired) electrons. The summed E-state index contributed by atoms with van der Waals surface area (Å²) in [6, 6.07) is 3.93. The first-order valence-electron chi connectivity index (χ1n) is 10.6. The lowest BCUT2D eigenvalue weighted by Crippen LogP contribution is -2.48. The third kappa shape index (κ3) is 5.53. The molecular weight excluding hydrogens is 338 g/mol. The van der Waals surface area contributed by atoms with E-state index in [1.807, 2.05) is 28.1 Å². The Balaban J connectivity index is 1.61. The lowest BCUT2D eigenvalue weighted by atomic mass is 9.87. The van der Waals surface area contributed by atoms with Crippen LogP contribution in [0.5, 0.6) is 0 Å². The fourth-order valence-electron chi connectivity index (χ4n) is 4.48. The van der Waals surface area contributed by atoms with Gasteiger partial charge in [0.2, 0.25) is 11.8 Å². The highest BCUT2D eigenvalue weighted by molar-refractivity contribution is 5.84. The van der Waals surface area contributed by atoms with Crippen molar-refractivity contribution in [2.24, 2.45) is 11.8 Å². The zero-order valence-corrected chi connectivity index (χ0v) is 16.6. The van der Waals surface area contributed by atoms with Gasteiger partial charge in [-0.25, -0.2) is 0 Å². The molecule has 3 rings (SSSR count). The minimum atomic E-state index is -0.0606. The van der Waals surface area contributed by atoms with Crippen molar-refractivity contribution < 1.29 is 9.59 Å². The van der Waals surface area contributed by atoms with E-state index in [1.54, 1.807) is 6.20 Å². The molecule has 2 heterocycles. The van der Waals surface area contributed by atoms with Crippen LogP contribution in [-0.4, -0.2) is 46.2 Å². The van der Waals surface area contributed by atoms with E-state index in [0.717, 1.165) is 25.1 Å². The summed E-state index contributed by atoms with van der Waals surface area (Å²) in [7, 11) is 0. The average molecular weight is 372 g/mol. The van der Waals surface area contributed by atoms with Gasteiger partial charge in [0.05, 0.1) is 5.92 Å². The summed E-state index contributed by atoms with van der Waals surface area (Å²) in [4.78, 5) is 33.7. The highest BCUT2D eigenvalue weighted by atomic mass is 16.2. The Morgan fingerprint density at radius 3 is 2.78 bits per heavy atom. The Hall–Kier alpha value is -1.91. The third-order valence-corrected chi connectivity index (χ3v) is 5.95. The molecule has 0 bridgehead atoms. The molecule has 27 heavy (non-hydrogen) atoms. The highest BCUT2D eigenvalue weighted by Gasteiger charge is 2.33. The Bertz CT molecular complexity index is 613. The van der Waals surface area contributed by atoms with E-state index in [2.05, 4.69) is 11.9 Å². The van der Waals surface area contributed by atoms with Crippen molar-refractivity contribution in [1.29, 1.82) is 0 Å². The van der Waals surface area contributed by atoms with Crippen molar-refractivity contribution in [1.82, 2.24) is 14.8 Å². The first-order valence-corrected chi connectivity index (χ1v) is 10.6. The van der Waals surface area contributed by atoms with Crippen molar-refractivity contribution in [2.75, 3.05) is 19.6 Å². The van der Waals surface area contributed by atoms with Crippen molar-refractivity contribution in [3.63, 3.8) is 0 Å². The Morgan fingerprint density at radius 1 is 1.26 bits per heavy atom. The maximum absolute atomic E-state index is 13.2.